The summed E-state index contributed by atoms with van der Waals surface area (Å²) in [6, 6.07) is 28.0. The number of carbonyl (C=O) groups is 2. The number of aromatic carboxylic acids is 1. The topological polar surface area (TPSA) is 83.1 Å². The molecule has 1 N–H and O–H groups in total. The van der Waals surface area contributed by atoms with E-state index in [1.165, 1.54) is 23.9 Å². The standard InChI is InChI=1S/C30H24N2O4S/c1-20-7-13-24(14-8-20)31-30-32(18-17-21-5-3-2-4-6-21)28(33)27(37-30)19-25-15-16-26(36-25)22-9-11-23(12-10-22)29(34)35/h2-16,19H,17-18H2,1H3,(H,34,35)/b27-19+,31-30?. The van der Waals surface area contributed by atoms with Crippen LogP contribution in [0.25, 0.3) is 17.4 Å². The molecule has 1 aliphatic heterocycles. The summed E-state index contributed by atoms with van der Waals surface area (Å²) >= 11 is 1.33. The van der Waals surface area contributed by atoms with Gasteiger partial charge in [0.25, 0.3) is 5.91 Å². The summed E-state index contributed by atoms with van der Waals surface area (Å²) in [5.74, 6) is 0.0325. The fourth-order valence-corrected chi connectivity index (χ4v) is 4.90. The zero-order valence-electron chi connectivity index (χ0n) is 20.1. The highest BCUT2D eigenvalue weighted by atomic mass is 32.2. The van der Waals surface area contributed by atoms with Gasteiger partial charge in [0.05, 0.1) is 16.2 Å². The van der Waals surface area contributed by atoms with Crippen LogP contribution in [0.2, 0.25) is 0 Å². The van der Waals surface area contributed by atoms with Gasteiger partial charge in [0.1, 0.15) is 11.5 Å². The first kappa shape index (κ1) is 24.3. The lowest BCUT2D eigenvalue weighted by atomic mass is 10.1. The van der Waals surface area contributed by atoms with Crippen molar-refractivity contribution in [3.8, 4) is 11.3 Å². The van der Waals surface area contributed by atoms with Crippen LogP contribution in [0.15, 0.2) is 105 Å². The van der Waals surface area contributed by atoms with Gasteiger partial charge >= 0.3 is 5.97 Å². The molecule has 1 amide bonds. The van der Waals surface area contributed by atoms with Crippen molar-refractivity contribution in [1.82, 2.24) is 4.90 Å². The van der Waals surface area contributed by atoms with Crippen LogP contribution in [0.3, 0.4) is 0 Å². The Bertz CT molecular complexity index is 1490. The average Bonchev–Trinajstić information content (AvgIpc) is 3.49. The van der Waals surface area contributed by atoms with Gasteiger partial charge in [-0.15, -0.1) is 0 Å². The molecule has 37 heavy (non-hydrogen) atoms. The lowest BCUT2D eigenvalue weighted by molar-refractivity contribution is -0.122. The second-order valence-corrected chi connectivity index (χ2v) is 9.63. The Morgan fingerprint density at radius 2 is 1.70 bits per heavy atom. The minimum absolute atomic E-state index is 0.115. The number of hydrogen-bond donors (Lipinski definition) is 1. The highest BCUT2D eigenvalue weighted by molar-refractivity contribution is 8.18. The minimum atomic E-state index is -0.979. The summed E-state index contributed by atoms with van der Waals surface area (Å²) in [7, 11) is 0. The van der Waals surface area contributed by atoms with Crippen LogP contribution in [0.1, 0.15) is 27.2 Å². The molecule has 0 atom stereocenters. The van der Waals surface area contributed by atoms with Crippen LogP contribution < -0.4 is 0 Å². The number of benzene rings is 3. The van der Waals surface area contributed by atoms with E-state index in [0.717, 1.165) is 22.4 Å². The van der Waals surface area contributed by atoms with Crippen LogP contribution in [-0.4, -0.2) is 33.6 Å². The van der Waals surface area contributed by atoms with E-state index in [-0.39, 0.29) is 11.5 Å². The summed E-state index contributed by atoms with van der Waals surface area (Å²) in [6.45, 7) is 2.53. The Morgan fingerprint density at radius 1 is 0.973 bits per heavy atom. The quantitative estimate of drug-likeness (QED) is 0.278. The van der Waals surface area contributed by atoms with Crippen molar-refractivity contribution in [3.63, 3.8) is 0 Å². The van der Waals surface area contributed by atoms with Crippen molar-refractivity contribution in [2.75, 3.05) is 6.54 Å². The van der Waals surface area contributed by atoms with E-state index in [1.54, 1.807) is 35.2 Å². The summed E-state index contributed by atoms with van der Waals surface area (Å²) in [5.41, 5.74) is 4.05. The van der Waals surface area contributed by atoms with Crippen molar-refractivity contribution in [2.45, 2.75) is 13.3 Å². The van der Waals surface area contributed by atoms with Gasteiger partial charge in [-0.25, -0.2) is 9.79 Å². The number of nitrogens with zero attached hydrogens (tertiary/aromatic N) is 2. The van der Waals surface area contributed by atoms with Crippen molar-refractivity contribution in [3.05, 3.63) is 118 Å². The molecule has 2 heterocycles. The zero-order chi connectivity index (χ0) is 25.8. The van der Waals surface area contributed by atoms with Gasteiger partial charge in [0, 0.05) is 18.2 Å². The predicted octanol–water partition coefficient (Wildman–Crippen LogP) is 6.80. The van der Waals surface area contributed by atoms with Crippen molar-refractivity contribution in [2.24, 2.45) is 4.99 Å². The number of rotatable bonds is 7. The predicted molar refractivity (Wildman–Crippen MR) is 147 cm³/mol. The second kappa shape index (κ2) is 10.7. The fraction of sp³-hybridized carbons (Fsp3) is 0.100. The Hall–Kier alpha value is -4.36. The van der Waals surface area contributed by atoms with Gasteiger partial charge < -0.3 is 9.52 Å². The number of carboxylic acids is 1. The first-order valence-electron chi connectivity index (χ1n) is 11.8. The molecule has 0 spiro atoms. The Morgan fingerprint density at radius 3 is 2.41 bits per heavy atom. The molecule has 3 aromatic carbocycles. The number of amidine groups is 1. The molecule has 184 valence electrons. The molecule has 0 saturated carbocycles. The summed E-state index contributed by atoms with van der Waals surface area (Å²) in [6.07, 6.45) is 2.44. The van der Waals surface area contributed by atoms with Gasteiger partial charge in [-0.3, -0.25) is 9.69 Å². The van der Waals surface area contributed by atoms with Gasteiger partial charge in [-0.2, -0.15) is 0 Å². The molecule has 0 unspecified atom stereocenters. The maximum atomic E-state index is 13.4. The largest absolute Gasteiger partial charge is 0.478 e. The van der Waals surface area contributed by atoms with E-state index in [9.17, 15) is 9.59 Å². The SMILES string of the molecule is Cc1ccc(N=C2S/C(=C/c3ccc(-c4ccc(C(=O)O)cc4)o3)C(=O)N2CCc2ccccc2)cc1. The number of hydrogen-bond acceptors (Lipinski definition) is 5. The number of carboxylic acid groups (broad SMARTS) is 1. The molecule has 1 aliphatic rings. The molecule has 0 radical (unpaired) electrons. The summed E-state index contributed by atoms with van der Waals surface area (Å²) < 4.78 is 5.96. The van der Waals surface area contributed by atoms with E-state index in [4.69, 9.17) is 14.5 Å². The first-order chi connectivity index (χ1) is 18.0. The fourth-order valence-electron chi connectivity index (χ4n) is 3.90. The smallest absolute Gasteiger partial charge is 0.335 e. The van der Waals surface area contributed by atoms with Gasteiger partial charge in [-0.1, -0.05) is 60.2 Å². The van der Waals surface area contributed by atoms with Crippen molar-refractivity contribution >= 4 is 40.6 Å². The van der Waals surface area contributed by atoms with E-state index in [2.05, 4.69) is 12.1 Å². The molecule has 0 bridgehead atoms. The van der Waals surface area contributed by atoms with Crippen LogP contribution in [-0.2, 0) is 11.2 Å². The van der Waals surface area contributed by atoms with Crippen LogP contribution >= 0.6 is 11.8 Å². The minimum Gasteiger partial charge on any atom is -0.478 e. The van der Waals surface area contributed by atoms with Gasteiger partial charge in [-0.05, 0) is 67.1 Å². The lowest BCUT2D eigenvalue weighted by Crippen LogP contribution is -2.31. The van der Waals surface area contributed by atoms with Gasteiger partial charge in [0.15, 0.2) is 5.17 Å². The van der Waals surface area contributed by atoms with E-state index >= 15 is 0 Å². The van der Waals surface area contributed by atoms with E-state index in [0.29, 0.717) is 34.6 Å². The molecule has 1 fully saturated rings. The molecule has 4 aromatic rings. The maximum absolute atomic E-state index is 13.4. The maximum Gasteiger partial charge on any atom is 0.335 e. The number of aryl methyl sites for hydroxylation is 1. The van der Waals surface area contributed by atoms with Crippen LogP contribution in [0, 0.1) is 6.92 Å². The van der Waals surface area contributed by atoms with Crippen LogP contribution in [0.5, 0.6) is 0 Å². The highest BCUT2D eigenvalue weighted by Gasteiger charge is 2.33. The third-order valence-electron chi connectivity index (χ3n) is 5.93. The molecule has 1 aromatic heterocycles. The number of thioether (sulfide) groups is 1. The molecule has 0 aliphatic carbocycles. The van der Waals surface area contributed by atoms with E-state index < -0.39 is 5.97 Å². The number of aliphatic imine (C=N–C) groups is 1. The van der Waals surface area contributed by atoms with Crippen molar-refractivity contribution < 1.29 is 19.1 Å². The Kier molecular flexibility index (Phi) is 7.05. The Labute approximate surface area is 219 Å². The molecular formula is C30H24N2O4S. The summed E-state index contributed by atoms with van der Waals surface area (Å²) in [4.78, 5) is 31.6. The van der Waals surface area contributed by atoms with Crippen molar-refractivity contribution in [1.29, 1.82) is 0 Å². The Balaban J connectivity index is 1.40. The summed E-state index contributed by atoms with van der Waals surface area (Å²) in [5, 5.41) is 9.74. The normalized spacial score (nSPS) is 15.6. The molecule has 5 rings (SSSR count). The zero-order valence-corrected chi connectivity index (χ0v) is 20.9. The van der Waals surface area contributed by atoms with E-state index in [1.807, 2.05) is 49.4 Å². The lowest BCUT2D eigenvalue weighted by Gasteiger charge is -2.15. The molecule has 1 saturated heterocycles. The third kappa shape index (κ3) is 5.73. The monoisotopic (exact) mass is 508 g/mol. The first-order valence-corrected chi connectivity index (χ1v) is 12.6. The molecular weight excluding hydrogens is 484 g/mol. The third-order valence-corrected chi connectivity index (χ3v) is 6.94. The number of furan rings is 1. The second-order valence-electron chi connectivity index (χ2n) is 8.62. The number of carbonyl (C=O) groups excluding carboxylic acids is 1. The van der Waals surface area contributed by atoms with Crippen LogP contribution in [0.4, 0.5) is 5.69 Å². The van der Waals surface area contributed by atoms with Gasteiger partial charge in [0.2, 0.25) is 0 Å². The average molecular weight is 509 g/mol. The molecule has 7 heteroatoms. The molecule has 6 nitrogen and oxygen atoms in total. The number of amides is 1. The highest BCUT2D eigenvalue weighted by Crippen LogP contribution is 2.35.